The lowest BCUT2D eigenvalue weighted by atomic mass is 9.89. The Morgan fingerprint density at radius 3 is 2.79 bits per heavy atom. The number of hydrogen-bond acceptors (Lipinski definition) is 5. The third-order valence-corrected chi connectivity index (χ3v) is 5.62. The van der Waals surface area contributed by atoms with Crippen molar-refractivity contribution in [2.24, 2.45) is 0 Å². The molecule has 2 aromatic rings. The van der Waals surface area contributed by atoms with E-state index in [1.165, 1.54) is 24.6 Å². The Balaban J connectivity index is 2.07. The van der Waals surface area contributed by atoms with Crippen LogP contribution < -0.4 is 5.32 Å². The maximum Gasteiger partial charge on any atom is 0.242 e. The van der Waals surface area contributed by atoms with Crippen LogP contribution in [0.2, 0.25) is 5.02 Å². The maximum atomic E-state index is 14.7. The quantitative estimate of drug-likeness (QED) is 0.747. The van der Waals surface area contributed by atoms with Gasteiger partial charge in [0, 0.05) is 24.5 Å². The number of aliphatic hydroxyl groups is 1. The lowest BCUT2D eigenvalue weighted by Crippen LogP contribution is -2.42. The summed E-state index contributed by atoms with van der Waals surface area (Å²) >= 11 is 6.33. The molecule has 1 saturated heterocycles. The van der Waals surface area contributed by atoms with Gasteiger partial charge in [0.1, 0.15) is 11.2 Å². The van der Waals surface area contributed by atoms with Crippen molar-refractivity contribution in [2.45, 2.75) is 63.8 Å². The van der Waals surface area contributed by atoms with Crippen molar-refractivity contribution in [3.63, 3.8) is 0 Å². The first-order chi connectivity index (χ1) is 13.1. The van der Waals surface area contributed by atoms with Gasteiger partial charge in [-0.3, -0.25) is 0 Å². The number of fused-ring (bicyclic) bond motifs is 1. The molecule has 3 heterocycles. The molecule has 6 nitrogen and oxygen atoms in total. The van der Waals surface area contributed by atoms with Gasteiger partial charge in [-0.25, -0.2) is 22.7 Å². The number of rotatable bonds is 6. The van der Waals surface area contributed by atoms with Gasteiger partial charge in [-0.1, -0.05) is 18.5 Å². The minimum absolute atomic E-state index is 0.101. The Kier molecular flexibility index (Phi) is 6.07. The number of aromatic nitrogens is 3. The Hall–Kier alpha value is -1.58. The van der Waals surface area contributed by atoms with Crippen molar-refractivity contribution >= 4 is 23.1 Å². The summed E-state index contributed by atoms with van der Waals surface area (Å²) in [7, 11) is 0. The molecule has 2 N–H and O–H groups in total. The summed E-state index contributed by atoms with van der Waals surface area (Å²) < 4.78 is 47.6. The molecule has 0 bridgehead atoms. The second-order valence-electron chi connectivity index (χ2n) is 7.62. The number of aliphatic hydroxyl groups excluding tert-OH is 1. The zero-order chi connectivity index (χ0) is 20.6. The minimum Gasteiger partial charge on any atom is -0.389 e. The summed E-state index contributed by atoms with van der Waals surface area (Å²) in [4.78, 5) is 4.19. The fourth-order valence-electron chi connectivity index (χ4n) is 3.32. The van der Waals surface area contributed by atoms with Crippen LogP contribution >= 0.6 is 11.6 Å². The van der Waals surface area contributed by atoms with Crippen molar-refractivity contribution in [2.75, 3.05) is 18.5 Å². The van der Waals surface area contributed by atoms with Gasteiger partial charge >= 0.3 is 0 Å². The van der Waals surface area contributed by atoms with Gasteiger partial charge in [-0.15, -0.1) is 5.10 Å². The zero-order valence-electron chi connectivity index (χ0n) is 15.9. The lowest BCUT2D eigenvalue weighted by Gasteiger charge is -2.28. The van der Waals surface area contributed by atoms with Crippen LogP contribution in [-0.4, -0.2) is 57.2 Å². The second kappa shape index (κ2) is 8.04. The van der Waals surface area contributed by atoms with Gasteiger partial charge in [0.15, 0.2) is 0 Å². The van der Waals surface area contributed by atoms with Crippen LogP contribution in [0.3, 0.4) is 0 Å². The normalized spacial score (nSPS) is 22.0. The number of anilines is 1. The molecule has 0 radical (unpaired) electrons. The summed E-state index contributed by atoms with van der Waals surface area (Å²) in [6, 6.07) is -0.309. The number of hydrogen-bond donors (Lipinski definition) is 2. The predicted octanol–water partition coefficient (Wildman–Crippen LogP) is 3.60. The van der Waals surface area contributed by atoms with E-state index in [1.54, 1.807) is 6.92 Å². The van der Waals surface area contributed by atoms with E-state index in [4.69, 9.17) is 16.3 Å². The first-order valence-corrected chi connectivity index (χ1v) is 9.52. The van der Waals surface area contributed by atoms with E-state index >= 15 is 0 Å². The molecule has 10 heteroatoms. The molecular weight excluding hydrogens is 397 g/mol. The highest BCUT2D eigenvalue weighted by molar-refractivity contribution is 6.35. The standard InChI is InChI=1S/C18H24ClF3N4O2/c1-9(18(2,3)22)16-10(6-14(20)21)15(19)12-7-23-17(25-26(12)16)24-11-4-5-28-8-13(11)27/h7,9,11,13-14,27H,4-6,8H2,1-3H3,(H,24,25)/t9?,11-,13-/m1/s1. The highest BCUT2D eigenvalue weighted by Gasteiger charge is 2.34. The van der Waals surface area contributed by atoms with Crippen molar-refractivity contribution in [3.8, 4) is 0 Å². The highest BCUT2D eigenvalue weighted by Crippen LogP contribution is 2.39. The highest BCUT2D eigenvalue weighted by atomic mass is 35.5. The summed E-state index contributed by atoms with van der Waals surface area (Å²) in [6.07, 6.45) is -1.98. The minimum atomic E-state index is -2.63. The number of nitrogens with zero attached hydrogens (tertiary/aromatic N) is 3. The molecule has 0 amide bonds. The molecule has 1 aliphatic heterocycles. The van der Waals surface area contributed by atoms with Crippen LogP contribution in [0.1, 0.15) is 44.4 Å². The molecule has 1 unspecified atom stereocenters. The van der Waals surface area contributed by atoms with E-state index in [0.29, 0.717) is 24.2 Å². The molecule has 2 aromatic heterocycles. The van der Waals surface area contributed by atoms with Crippen LogP contribution in [0.5, 0.6) is 0 Å². The molecule has 1 fully saturated rings. The third kappa shape index (κ3) is 4.21. The average Bonchev–Trinajstić information content (AvgIpc) is 2.86. The maximum absolute atomic E-state index is 14.7. The van der Waals surface area contributed by atoms with Crippen LogP contribution in [0, 0.1) is 0 Å². The fourth-order valence-corrected chi connectivity index (χ4v) is 3.62. The Morgan fingerprint density at radius 2 is 2.18 bits per heavy atom. The molecule has 3 rings (SSSR count). The molecule has 0 aromatic carbocycles. The molecule has 1 aliphatic rings. The van der Waals surface area contributed by atoms with Gasteiger partial charge in [0.05, 0.1) is 35.7 Å². The first kappa shape index (κ1) is 21.1. The fraction of sp³-hybridized carbons (Fsp3) is 0.667. The van der Waals surface area contributed by atoms with Gasteiger partial charge in [-0.2, -0.15) is 0 Å². The molecular formula is C18H24ClF3N4O2. The van der Waals surface area contributed by atoms with Crippen molar-refractivity contribution in [1.29, 1.82) is 0 Å². The van der Waals surface area contributed by atoms with Crippen molar-refractivity contribution in [1.82, 2.24) is 14.6 Å². The largest absolute Gasteiger partial charge is 0.389 e. The molecule has 0 spiro atoms. The molecule has 0 saturated carbocycles. The topological polar surface area (TPSA) is 71.7 Å². The summed E-state index contributed by atoms with van der Waals surface area (Å²) in [6.45, 7) is 5.07. The van der Waals surface area contributed by atoms with Crippen LogP contribution in [0.15, 0.2) is 6.20 Å². The summed E-state index contributed by atoms with van der Waals surface area (Å²) in [5.74, 6) is -0.545. The van der Waals surface area contributed by atoms with Gasteiger partial charge in [-0.05, 0) is 20.3 Å². The van der Waals surface area contributed by atoms with Gasteiger partial charge < -0.3 is 15.2 Å². The van der Waals surface area contributed by atoms with E-state index in [9.17, 15) is 18.3 Å². The predicted molar refractivity (Wildman–Crippen MR) is 100 cm³/mol. The first-order valence-electron chi connectivity index (χ1n) is 9.15. The SMILES string of the molecule is CC(c1c(CC(F)F)c(Cl)c2cnc(N[C@@H]3CCOC[C@H]3O)nn12)C(C)(C)F. The Morgan fingerprint density at radius 1 is 1.46 bits per heavy atom. The summed E-state index contributed by atoms with van der Waals surface area (Å²) in [5, 5.41) is 17.6. The van der Waals surface area contributed by atoms with Crippen LogP contribution in [-0.2, 0) is 11.2 Å². The van der Waals surface area contributed by atoms with Crippen molar-refractivity contribution < 1.29 is 23.0 Å². The number of alkyl halides is 3. The number of nitrogens with one attached hydrogen (secondary N) is 1. The van der Waals surface area contributed by atoms with E-state index in [2.05, 4.69) is 15.4 Å². The Bertz CT molecular complexity index is 840. The van der Waals surface area contributed by atoms with Gasteiger partial charge in [0.25, 0.3) is 0 Å². The van der Waals surface area contributed by atoms with Crippen LogP contribution in [0.25, 0.3) is 5.52 Å². The van der Waals surface area contributed by atoms with E-state index < -0.39 is 30.5 Å². The van der Waals surface area contributed by atoms with Crippen molar-refractivity contribution in [3.05, 3.63) is 22.5 Å². The summed E-state index contributed by atoms with van der Waals surface area (Å²) in [5.41, 5.74) is -0.871. The third-order valence-electron chi connectivity index (χ3n) is 5.20. The molecule has 156 valence electrons. The molecule has 0 aliphatic carbocycles. The van der Waals surface area contributed by atoms with E-state index in [-0.39, 0.29) is 29.2 Å². The van der Waals surface area contributed by atoms with Crippen LogP contribution in [0.4, 0.5) is 19.1 Å². The van der Waals surface area contributed by atoms with E-state index in [1.807, 2.05) is 0 Å². The van der Waals surface area contributed by atoms with E-state index in [0.717, 1.165) is 0 Å². The number of ether oxygens (including phenoxy) is 1. The molecule has 3 atom stereocenters. The van der Waals surface area contributed by atoms with Gasteiger partial charge in [0.2, 0.25) is 12.4 Å². The second-order valence-corrected chi connectivity index (χ2v) is 8.00. The average molecular weight is 421 g/mol. The molecule has 28 heavy (non-hydrogen) atoms. The number of halogens is 4. The monoisotopic (exact) mass is 420 g/mol. The smallest absolute Gasteiger partial charge is 0.242 e. The lowest BCUT2D eigenvalue weighted by molar-refractivity contribution is -0.0136. The Labute approximate surface area is 166 Å². The zero-order valence-corrected chi connectivity index (χ0v) is 16.7.